The van der Waals surface area contributed by atoms with Crippen molar-refractivity contribution in [2.24, 2.45) is 0 Å². The number of benzene rings is 1. The number of piperazine rings is 1. The molecule has 2 N–H and O–H groups in total. The molecule has 21 heavy (non-hydrogen) atoms. The molecule has 0 amide bonds. The number of hydrogen-bond acceptors (Lipinski definition) is 3. The van der Waals surface area contributed by atoms with Gasteiger partial charge in [0.2, 0.25) is 0 Å². The first-order chi connectivity index (χ1) is 9.86. The summed E-state index contributed by atoms with van der Waals surface area (Å²) in [7, 11) is 0. The highest BCUT2D eigenvalue weighted by Gasteiger charge is 2.37. The number of nitrogen functional groups attached to an aromatic ring is 1. The standard InChI is InChI=1S/C15H20F3N3/c1-10-8-20-6-2-3-12(20)9-21(10)11-4-5-14(19)13(7-11)15(16,17)18/h4-5,7,10,12H,2-3,6,8-9,19H2,1H3. The Morgan fingerprint density at radius 2 is 2.00 bits per heavy atom. The van der Waals surface area contributed by atoms with Crippen LogP contribution in [0.15, 0.2) is 18.2 Å². The van der Waals surface area contributed by atoms with Crippen molar-refractivity contribution in [3.05, 3.63) is 23.8 Å². The third-order valence-corrected chi connectivity index (χ3v) is 4.61. The van der Waals surface area contributed by atoms with Crippen molar-refractivity contribution < 1.29 is 13.2 Å². The number of halogens is 3. The summed E-state index contributed by atoms with van der Waals surface area (Å²) in [6, 6.07) is 4.94. The monoisotopic (exact) mass is 299 g/mol. The molecule has 0 aromatic heterocycles. The molecule has 2 unspecified atom stereocenters. The van der Waals surface area contributed by atoms with Crippen LogP contribution in [0.25, 0.3) is 0 Å². The van der Waals surface area contributed by atoms with Gasteiger partial charge in [0.15, 0.2) is 0 Å². The zero-order chi connectivity index (χ0) is 15.2. The molecule has 2 heterocycles. The second kappa shape index (κ2) is 5.09. The van der Waals surface area contributed by atoms with E-state index in [0.29, 0.717) is 11.7 Å². The maximum absolute atomic E-state index is 13.0. The van der Waals surface area contributed by atoms with E-state index in [1.54, 1.807) is 6.07 Å². The number of alkyl halides is 3. The third kappa shape index (κ3) is 2.69. The van der Waals surface area contributed by atoms with Crippen LogP contribution in [0, 0.1) is 0 Å². The minimum Gasteiger partial charge on any atom is -0.398 e. The summed E-state index contributed by atoms with van der Waals surface area (Å²) >= 11 is 0. The quantitative estimate of drug-likeness (QED) is 0.809. The molecule has 0 saturated carbocycles. The lowest BCUT2D eigenvalue weighted by molar-refractivity contribution is -0.136. The van der Waals surface area contributed by atoms with Crippen LogP contribution in [0.4, 0.5) is 24.5 Å². The van der Waals surface area contributed by atoms with E-state index in [2.05, 4.69) is 16.7 Å². The number of rotatable bonds is 1. The molecule has 2 aliphatic rings. The topological polar surface area (TPSA) is 32.5 Å². The van der Waals surface area contributed by atoms with Crippen molar-refractivity contribution in [1.82, 2.24) is 4.90 Å². The lowest BCUT2D eigenvalue weighted by Crippen LogP contribution is -2.55. The van der Waals surface area contributed by atoms with Gasteiger partial charge in [0.25, 0.3) is 0 Å². The van der Waals surface area contributed by atoms with Gasteiger partial charge in [-0.2, -0.15) is 13.2 Å². The van der Waals surface area contributed by atoms with Crippen LogP contribution in [0.5, 0.6) is 0 Å². The number of hydrogen-bond donors (Lipinski definition) is 1. The third-order valence-electron chi connectivity index (χ3n) is 4.61. The maximum atomic E-state index is 13.0. The fourth-order valence-electron chi connectivity index (χ4n) is 3.52. The van der Waals surface area contributed by atoms with Crippen molar-refractivity contribution in [2.75, 3.05) is 30.3 Å². The van der Waals surface area contributed by atoms with Crippen LogP contribution in [0.1, 0.15) is 25.3 Å². The summed E-state index contributed by atoms with van der Waals surface area (Å²) in [5.74, 6) is 0. The van der Waals surface area contributed by atoms with Crippen molar-refractivity contribution in [3.63, 3.8) is 0 Å². The average Bonchev–Trinajstić information content (AvgIpc) is 2.84. The minimum absolute atomic E-state index is 0.210. The Labute approximate surface area is 122 Å². The van der Waals surface area contributed by atoms with E-state index in [1.807, 2.05) is 0 Å². The normalized spacial score (nSPS) is 27.0. The lowest BCUT2D eigenvalue weighted by Gasteiger charge is -2.43. The molecule has 0 bridgehead atoms. The molecule has 1 aromatic rings. The largest absolute Gasteiger partial charge is 0.418 e. The zero-order valence-corrected chi connectivity index (χ0v) is 12.0. The molecular weight excluding hydrogens is 279 g/mol. The predicted molar refractivity (Wildman–Crippen MR) is 77.3 cm³/mol. The molecule has 0 radical (unpaired) electrons. The summed E-state index contributed by atoms with van der Waals surface area (Å²) in [6.45, 7) is 4.88. The maximum Gasteiger partial charge on any atom is 0.418 e. The fourth-order valence-corrected chi connectivity index (χ4v) is 3.52. The van der Waals surface area contributed by atoms with Gasteiger partial charge in [-0.1, -0.05) is 0 Å². The van der Waals surface area contributed by atoms with Crippen molar-refractivity contribution in [1.29, 1.82) is 0 Å². The Kier molecular flexibility index (Phi) is 3.51. The Morgan fingerprint density at radius 3 is 2.71 bits per heavy atom. The molecule has 2 fully saturated rings. The molecule has 2 saturated heterocycles. The van der Waals surface area contributed by atoms with Crippen LogP contribution >= 0.6 is 0 Å². The highest BCUT2D eigenvalue weighted by atomic mass is 19.4. The van der Waals surface area contributed by atoms with Gasteiger partial charge in [-0.25, -0.2) is 0 Å². The first-order valence-corrected chi connectivity index (χ1v) is 7.33. The van der Waals surface area contributed by atoms with Crippen LogP contribution in [0.3, 0.4) is 0 Å². The Balaban J connectivity index is 1.89. The first kappa shape index (κ1) is 14.5. The van der Waals surface area contributed by atoms with Gasteiger partial charge in [0.1, 0.15) is 0 Å². The van der Waals surface area contributed by atoms with E-state index >= 15 is 0 Å². The molecule has 2 aliphatic heterocycles. The van der Waals surface area contributed by atoms with E-state index < -0.39 is 11.7 Å². The Bertz CT molecular complexity index is 529. The fraction of sp³-hybridized carbons (Fsp3) is 0.600. The van der Waals surface area contributed by atoms with Crippen LogP contribution in [-0.4, -0.2) is 36.6 Å². The highest BCUT2D eigenvalue weighted by Crippen LogP contribution is 2.37. The van der Waals surface area contributed by atoms with Gasteiger partial charge in [-0.3, -0.25) is 4.90 Å². The van der Waals surface area contributed by atoms with Crippen molar-refractivity contribution in [3.8, 4) is 0 Å². The molecule has 0 aliphatic carbocycles. The molecule has 2 atom stereocenters. The van der Waals surface area contributed by atoms with E-state index in [9.17, 15) is 13.2 Å². The van der Waals surface area contributed by atoms with Crippen LogP contribution < -0.4 is 10.6 Å². The van der Waals surface area contributed by atoms with Gasteiger partial charge in [-0.15, -0.1) is 0 Å². The molecule has 0 spiro atoms. The molecule has 1 aromatic carbocycles. The van der Waals surface area contributed by atoms with Crippen molar-refractivity contribution in [2.45, 2.75) is 38.0 Å². The van der Waals surface area contributed by atoms with E-state index in [1.165, 1.54) is 18.6 Å². The molecule has 3 rings (SSSR count). The zero-order valence-electron chi connectivity index (χ0n) is 12.0. The Hall–Kier alpha value is -1.43. The Morgan fingerprint density at radius 1 is 1.24 bits per heavy atom. The van der Waals surface area contributed by atoms with Crippen LogP contribution in [0.2, 0.25) is 0 Å². The van der Waals surface area contributed by atoms with E-state index in [0.717, 1.165) is 26.1 Å². The van der Waals surface area contributed by atoms with Gasteiger partial charge >= 0.3 is 6.18 Å². The predicted octanol–water partition coefficient (Wildman–Crippen LogP) is 2.96. The van der Waals surface area contributed by atoms with Gasteiger partial charge in [0.05, 0.1) is 5.56 Å². The molecular formula is C15H20F3N3. The second-order valence-corrected chi connectivity index (χ2v) is 6.06. The first-order valence-electron chi connectivity index (χ1n) is 7.33. The van der Waals surface area contributed by atoms with Gasteiger partial charge in [0, 0.05) is 36.5 Å². The number of anilines is 2. The minimum atomic E-state index is -4.40. The lowest BCUT2D eigenvalue weighted by atomic mass is 10.0. The summed E-state index contributed by atoms with van der Waals surface area (Å²) in [5, 5.41) is 0. The number of nitrogens with two attached hydrogens (primary N) is 1. The second-order valence-electron chi connectivity index (χ2n) is 6.06. The van der Waals surface area contributed by atoms with Gasteiger partial charge in [-0.05, 0) is 44.5 Å². The molecule has 116 valence electrons. The SMILES string of the molecule is CC1CN2CCCC2CN1c1ccc(N)c(C(F)(F)F)c1. The smallest absolute Gasteiger partial charge is 0.398 e. The van der Waals surface area contributed by atoms with E-state index in [4.69, 9.17) is 5.73 Å². The summed E-state index contributed by atoms with van der Waals surface area (Å²) in [5.41, 5.74) is 5.15. The molecule has 3 nitrogen and oxygen atoms in total. The number of fused-ring (bicyclic) bond motifs is 1. The van der Waals surface area contributed by atoms with Gasteiger partial charge < -0.3 is 10.6 Å². The summed E-state index contributed by atoms with van der Waals surface area (Å²) in [4.78, 5) is 4.53. The average molecular weight is 299 g/mol. The molecule has 6 heteroatoms. The number of nitrogens with zero attached hydrogens (tertiary/aromatic N) is 2. The van der Waals surface area contributed by atoms with Crippen molar-refractivity contribution >= 4 is 11.4 Å². The highest BCUT2D eigenvalue weighted by molar-refractivity contribution is 5.60. The summed E-state index contributed by atoms with van der Waals surface area (Å²) < 4.78 is 39.0. The van der Waals surface area contributed by atoms with Crippen LogP contribution in [-0.2, 0) is 6.18 Å². The van der Waals surface area contributed by atoms with E-state index in [-0.39, 0.29) is 11.7 Å². The summed E-state index contributed by atoms with van der Waals surface area (Å²) in [6.07, 6.45) is -2.09.